The average molecular weight is 257 g/mol. The van der Waals surface area contributed by atoms with Crippen molar-refractivity contribution in [2.45, 2.75) is 20.4 Å². The zero-order valence-electron chi connectivity index (χ0n) is 11.3. The summed E-state index contributed by atoms with van der Waals surface area (Å²) in [5.41, 5.74) is 7.80. The predicted octanol–water partition coefficient (Wildman–Crippen LogP) is 3.64. The minimum absolute atomic E-state index is 0.543. The smallest absolute Gasteiger partial charge is 0.131 e. The van der Waals surface area contributed by atoms with Crippen LogP contribution < -0.4 is 15.2 Å². The summed E-state index contributed by atoms with van der Waals surface area (Å²) in [6.45, 7) is 5.17. The molecule has 0 unspecified atom stereocenters. The molecule has 0 aliphatic heterocycles. The van der Waals surface area contributed by atoms with E-state index in [9.17, 15) is 0 Å². The average Bonchev–Trinajstić information content (AvgIpc) is 2.42. The third-order valence-electron chi connectivity index (χ3n) is 2.82. The summed E-state index contributed by atoms with van der Waals surface area (Å²) in [4.78, 5) is 0. The highest BCUT2D eigenvalue weighted by molar-refractivity contribution is 5.41. The van der Waals surface area contributed by atoms with Crippen LogP contribution in [0.1, 0.15) is 18.1 Å². The maximum atomic E-state index is 5.87. The summed E-state index contributed by atoms with van der Waals surface area (Å²) in [7, 11) is 0. The van der Waals surface area contributed by atoms with Gasteiger partial charge in [0.1, 0.15) is 17.2 Å². The minimum atomic E-state index is 0.543. The molecule has 0 bridgehead atoms. The van der Waals surface area contributed by atoms with E-state index < -0.39 is 0 Å². The van der Waals surface area contributed by atoms with Gasteiger partial charge in [-0.05, 0) is 43.2 Å². The molecule has 2 aromatic carbocycles. The van der Waals surface area contributed by atoms with E-state index in [1.165, 1.54) is 0 Å². The van der Waals surface area contributed by atoms with Crippen molar-refractivity contribution < 1.29 is 9.47 Å². The number of ether oxygens (including phenoxy) is 2. The second-order valence-corrected chi connectivity index (χ2v) is 4.31. The van der Waals surface area contributed by atoms with Gasteiger partial charge in [0.05, 0.1) is 6.61 Å². The topological polar surface area (TPSA) is 44.5 Å². The maximum absolute atomic E-state index is 5.87. The van der Waals surface area contributed by atoms with Crippen LogP contribution in [0.15, 0.2) is 42.5 Å². The first-order chi connectivity index (χ1) is 9.22. The lowest BCUT2D eigenvalue weighted by Crippen LogP contribution is -1.97. The molecule has 2 N–H and O–H groups in total. The van der Waals surface area contributed by atoms with Crippen LogP contribution in [0.4, 0.5) is 0 Å². The normalized spacial score (nSPS) is 10.3. The third-order valence-corrected chi connectivity index (χ3v) is 2.82. The summed E-state index contributed by atoms with van der Waals surface area (Å²) in [6.07, 6.45) is 0. The molecule has 0 aliphatic rings. The van der Waals surface area contributed by atoms with E-state index in [1.54, 1.807) is 0 Å². The molecule has 0 amide bonds. The molecule has 3 heteroatoms. The van der Waals surface area contributed by atoms with Gasteiger partial charge in [-0.15, -0.1) is 0 Å². The number of aryl methyl sites for hydroxylation is 1. The Morgan fingerprint density at radius 2 is 1.84 bits per heavy atom. The van der Waals surface area contributed by atoms with Gasteiger partial charge in [-0.1, -0.05) is 18.2 Å². The first kappa shape index (κ1) is 13.4. The lowest BCUT2D eigenvalue weighted by Gasteiger charge is -2.11. The lowest BCUT2D eigenvalue weighted by molar-refractivity contribution is 0.338. The molecule has 0 heterocycles. The van der Waals surface area contributed by atoms with Crippen molar-refractivity contribution in [3.63, 3.8) is 0 Å². The van der Waals surface area contributed by atoms with Crippen LogP contribution in [0.2, 0.25) is 0 Å². The standard InChI is InChI=1S/C16H19NO2/c1-3-18-14-5-4-6-15(10-14)19-16-8-7-13(11-17)9-12(16)2/h4-10H,3,11,17H2,1-2H3. The largest absolute Gasteiger partial charge is 0.494 e. The molecule has 0 aromatic heterocycles. The van der Waals surface area contributed by atoms with E-state index in [2.05, 4.69) is 0 Å². The molecule has 19 heavy (non-hydrogen) atoms. The molecular formula is C16H19NO2. The Balaban J connectivity index is 2.18. The highest BCUT2D eigenvalue weighted by Crippen LogP contribution is 2.28. The highest BCUT2D eigenvalue weighted by atomic mass is 16.5. The van der Waals surface area contributed by atoms with Crippen LogP contribution in [0.5, 0.6) is 17.2 Å². The molecule has 0 fully saturated rings. The Kier molecular flexibility index (Phi) is 4.42. The SMILES string of the molecule is CCOc1cccc(Oc2ccc(CN)cc2C)c1. The molecule has 3 nitrogen and oxygen atoms in total. The quantitative estimate of drug-likeness (QED) is 0.889. The van der Waals surface area contributed by atoms with Gasteiger partial charge in [-0.3, -0.25) is 0 Å². The Labute approximate surface area is 114 Å². The van der Waals surface area contributed by atoms with Gasteiger partial charge in [-0.2, -0.15) is 0 Å². The number of hydrogen-bond acceptors (Lipinski definition) is 3. The van der Waals surface area contributed by atoms with Crippen molar-refractivity contribution in [2.75, 3.05) is 6.61 Å². The number of benzene rings is 2. The third kappa shape index (κ3) is 3.48. The molecule has 0 atom stereocenters. The zero-order valence-corrected chi connectivity index (χ0v) is 11.3. The van der Waals surface area contributed by atoms with Gasteiger partial charge in [-0.25, -0.2) is 0 Å². The van der Waals surface area contributed by atoms with Crippen molar-refractivity contribution >= 4 is 0 Å². The van der Waals surface area contributed by atoms with Gasteiger partial charge in [0.25, 0.3) is 0 Å². The number of nitrogens with two attached hydrogens (primary N) is 1. The van der Waals surface area contributed by atoms with Crippen LogP contribution in [0.3, 0.4) is 0 Å². The lowest BCUT2D eigenvalue weighted by atomic mass is 10.1. The van der Waals surface area contributed by atoms with Crippen molar-refractivity contribution in [2.24, 2.45) is 5.73 Å². The van der Waals surface area contributed by atoms with E-state index >= 15 is 0 Å². The molecule has 100 valence electrons. The molecule has 0 radical (unpaired) electrons. The first-order valence-electron chi connectivity index (χ1n) is 6.43. The molecule has 0 aliphatic carbocycles. The maximum Gasteiger partial charge on any atom is 0.131 e. The molecule has 0 spiro atoms. The Hall–Kier alpha value is -2.00. The first-order valence-corrected chi connectivity index (χ1v) is 6.43. The molecule has 0 saturated carbocycles. The molecule has 2 rings (SSSR count). The van der Waals surface area contributed by atoms with Gasteiger partial charge >= 0.3 is 0 Å². The summed E-state index contributed by atoms with van der Waals surface area (Å²) >= 11 is 0. The van der Waals surface area contributed by atoms with Crippen LogP contribution in [-0.4, -0.2) is 6.61 Å². The Morgan fingerprint density at radius 3 is 2.53 bits per heavy atom. The van der Waals surface area contributed by atoms with E-state index in [0.29, 0.717) is 13.2 Å². The van der Waals surface area contributed by atoms with E-state index in [4.69, 9.17) is 15.2 Å². The van der Waals surface area contributed by atoms with Gasteiger partial charge in [0, 0.05) is 12.6 Å². The zero-order chi connectivity index (χ0) is 13.7. The summed E-state index contributed by atoms with van der Waals surface area (Å²) in [5, 5.41) is 0. The number of hydrogen-bond donors (Lipinski definition) is 1. The second-order valence-electron chi connectivity index (χ2n) is 4.31. The van der Waals surface area contributed by atoms with Gasteiger partial charge in [0.15, 0.2) is 0 Å². The monoisotopic (exact) mass is 257 g/mol. The van der Waals surface area contributed by atoms with Gasteiger partial charge < -0.3 is 15.2 Å². The van der Waals surface area contributed by atoms with Crippen LogP contribution in [0, 0.1) is 6.92 Å². The van der Waals surface area contributed by atoms with Crippen molar-refractivity contribution in [3.05, 3.63) is 53.6 Å². The van der Waals surface area contributed by atoms with Crippen LogP contribution in [-0.2, 0) is 6.54 Å². The van der Waals surface area contributed by atoms with Crippen LogP contribution in [0.25, 0.3) is 0 Å². The van der Waals surface area contributed by atoms with Crippen molar-refractivity contribution in [1.29, 1.82) is 0 Å². The number of rotatable bonds is 5. The fourth-order valence-electron chi connectivity index (χ4n) is 1.87. The predicted molar refractivity (Wildman–Crippen MR) is 76.8 cm³/mol. The summed E-state index contributed by atoms with van der Waals surface area (Å²) in [6, 6.07) is 13.6. The highest BCUT2D eigenvalue weighted by Gasteiger charge is 2.03. The van der Waals surface area contributed by atoms with Crippen molar-refractivity contribution in [3.8, 4) is 17.2 Å². The van der Waals surface area contributed by atoms with Crippen molar-refractivity contribution in [1.82, 2.24) is 0 Å². The Bertz CT molecular complexity index is 552. The Morgan fingerprint density at radius 1 is 1.05 bits per heavy atom. The van der Waals surface area contributed by atoms with Crippen LogP contribution >= 0.6 is 0 Å². The minimum Gasteiger partial charge on any atom is -0.494 e. The molecular weight excluding hydrogens is 238 g/mol. The molecule has 2 aromatic rings. The van der Waals surface area contributed by atoms with E-state index in [-0.39, 0.29) is 0 Å². The van der Waals surface area contributed by atoms with Gasteiger partial charge in [0.2, 0.25) is 0 Å². The fraction of sp³-hybridized carbons (Fsp3) is 0.250. The fourth-order valence-corrected chi connectivity index (χ4v) is 1.87. The summed E-state index contributed by atoms with van der Waals surface area (Å²) < 4.78 is 11.3. The molecule has 0 saturated heterocycles. The van der Waals surface area contributed by atoms with E-state index in [1.807, 2.05) is 56.3 Å². The van der Waals surface area contributed by atoms with E-state index in [0.717, 1.165) is 28.4 Å². The summed E-state index contributed by atoms with van der Waals surface area (Å²) in [5.74, 6) is 2.43. The second kappa shape index (κ2) is 6.25.